The second kappa shape index (κ2) is 7.78. The average Bonchev–Trinajstić information content (AvgIpc) is 2.30. The van der Waals surface area contributed by atoms with Crippen molar-refractivity contribution in [2.24, 2.45) is 5.92 Å². The van der Waals surface area contributed by atoms with Crippen molar-refractivity contribution in [2.75, 3.05) is 0 Å². The van der Waals surface area contributed by atoms with E-state index in [0.29, 0.717) is 6.10 Å². The van der Waals surface area contributed by atoms with Crippen LogP contribution in [-0.4, -0.2) is 6.10 Å². The second-order valence-corrected chi connectivity index (χ2v) is 4.68. The first-order chi connectivity index (χ1) is 7.38. The lowest BCUT2D eigenvalue weighted by Gasteiger charge is -2.29. The number of hydrogen-bond donors (Lipinski definition) is 0. The number of unbranched alkanes of at least 4 members (excludes halogenated alkanes) is 1. The van der Waals surface area contributed by atoms with Crippen LogP contribution in [0, 0.1) is 5.92 Å². The molecule has 1 atom stereocenters. The molecule has 0 N–H and O–H groups in total. The van der Waals surface area contributed by atoms with Gasteiger partial charge in [-0.05, 0) is 32.1 Å². The quantitative estimate of drug-likeness (QED) is 0.579. The van der Waals surface area contributed by atoms with Gasteiger partial charge in [-0.25, -0.2) is 0 Å². The van der Waals surface area contributed by atoms with E-state index in [9.17, 15) is 0 Å². The van der Waals surface area contributed by atoms with Crippen molar-refractivity contribution in [3.8, 4) is 0 Å². The summed E-state index contributed by atoms with van der Waals surface area (Å²) >= 11 is 0. The molecule has 0 amide bonds. The Morgan fingerprint density at radius 1 is 1.27 bits per heavy atom. The number of ether oxygens (including phenoxy) is 1. The van der Waals surface area contributed by atoms with Gasteiger partial charge >= 0.3 is 0 Å². The molecule has 1 fully saturated rings. The van der Waals surface area contributed by atoms with Crippen LogP contribution in [0.4, 0.5) is 0 Å². The van der Waals surface area contributed by atoms with Gasteiger partial charge in [0.15, 0.2) is 0 Å². The smallest absolute Gasteiger partial charge is 0.101 e. The van der Waals surface area contributed by atoms with Crippen LogP contribution in [0.2, 0.25) is 0 Å². The molecule has 1 rings (SSSR count). The Morgan fingerprint density at radius 3 is 2.60 bits per heavy atom. The van der Waals surface area contributed by atoms with Crippen molar-refractivity contribution in [1.29, 1.82) is 0 Å². The Kier molecular flexibility index (Phi) is 6.54. The third kappa shape index (κ3) is 4.72. The van der Waals surface area contributed by atoms with Gasteiger partial charge in [-0.3, -0.25) is 0 Å². The summed E-state index contributed by atoms with van der Waals surface area (Å²) in [5.41, 5.74) is 0. The molecule has 1 unspecified atom stereocenters. The van der Waals surface area contributed by atoms with E-state index < -0.39 is 0 Å². The minimum Gasteiger partial charge on any atom is -0.498 e. The van der Waals surface area contributed by atoms with E-state index in [2.05, 4.69) is 6.92 Å². The topological polar surface area (TPSA) is 9.23 Å². The fourth-order valence-corrected chi connectivity index (χ4v) is 2.51. The minimum absolute atomic E-state index is 0.487. The van der Waals surface area contributed by atoms with Gasteiger partial charge in [-0.15, -0.1) is 0 Å². The second-order valence-electron chi connectivity index (χ2n) is 4.68. The van der Waals surface area contributed by atoms with Crippen molar-refractivity contribution in [1.82, 2.24) is 0 Å². The summed E-state index contributed by atoms with van der Waals surface area (Å²) in [6.07, 6.45) is 15.2. The maximum atomic E-state index is 5.85. The summed E-state index contributed by atoms with van der Waals surface area (Å²) < 4.78 is 5.85. The number of hydrogen-bond acceptors (Lipinski definition) is 1. The van der Waals surface area contributed by atoms with Gasteiger partial charge in [0.05, 0.1) is 6.26 Å². The monoisotopic (exact) mass is 210 g/mol. The summed E-state index contributed by atoms with van der Waals surface area (Å²) in [6, 6.07) is 0. The molecule has 1 nitrogen and oxygen atoms in total. The summed E-state index contributed by atoms with van der Waals surface area (Å²) in [5, 5.41) is 0. The fourth-order valence-electron chi connectivity index (χ4n) is 2.51. The Hall–Kier alpha value is -0.460. The molecule has 15 heavy (non-hydrogen) atoms. The molecule has 88 valence electrons. The van der Waals surface area contributed by atoms with E-state index >= 15 is 0 Å². The summed E-state index contributed by atoms with van der Waals surface area (Å²) in [5.74, 6) is 0.821. The zero-order chi connectivity index (χ0) is 10.9. The molecule has 0 aromatic carbocycles. The summed E-state index contributed by atoms with van der Waals surface area (Å²) in [7, 11) is 0. The van der Waals surface area contributed by atoms with Crippen LogP contribution in [0.5, 0.6) is 0 Å². The third-order valence-electron chi connectivity index (χ3n) is 3.41. The molecule has 0 radical (unpaired) electrons. The van der Waals surface area contributed by atoms with E-state index in [1.807, 2.05) is 19.3 Å². The van der Waals surface area contributed by atoms with Gasteiger partial charge in [0.2, 0.25) is 0 Å². The summed E-state index contributed by atoms with van der Waals surface area (Å²) in [6.45, 7) is 4.28. The van der Waals surface area contributed by atoms with Crippen molar-refractivity contribution >= 4 is 0 Å². The van der Waals surface area contributed by atoms with Crippen molar-refractivity contribution < 1.29 is 4.74 Å². The number of rotatable bonds is 6. The maximum absolute atomic E-state index is 5.85. The molecule has 0 aromatic heterocycles. The Balaban J connectivity index is 2.37. The van der Waals surface area contributed by atoms with Crippen LogP contribution >= 0.6 is 0 Å². The van der Waals surface area contributed by atoms with Gasteiger partial charge in [-0.2, -0.15) is 0 Å². The average molecular weight is 210 g/mol. The van der Waals surface area contributed by atoms with Gasteiger partial charge in [0, 0.05) is 0 Å². The van der Waals surface area contributed by atoms with Crippen molar-refractivity contribution in [3.05, 3.63) is 12.3 Å². The molecule has 0 spiro atoms. The molecular formula is C14H26O. The highest BCUT2D eigenvalue weighted by atomic mass is 16.5. The summed E-state index contributed by atoms with van der Waals surface area (Å²) in [4.78, 5) is 0. The van der Waals surface area contributed by atoms with E-state index in [1.54, 1.807) is 0 Å². The molecule has 0 saturated heterocycles. The molecule has 0 aromatic rings. The lowest BCUT2D eigenvalue weighted by molar-refractivity contribution is 0.0575. The predicted octanol–water partition coefficient (Wildman–Crippen LogP) is 4.68. The molecule has 1 aliphatic carbocycles. The van der Waals surface area contributed by atoms with Crippen molar-refractivity contribution in [2.45, 2.75) is 71.3 Å². The van der Waals surface area contributed by atoms with Gasteiger partial charge in [-0.1, -0.05) is 45.1 Å². The van der Waals surface area contributed by atoms with Crippen LogP contribution < -0.4 is 0 Å². The van der Waals surface area contributed by atoms with Crippen LogP contribution in [-0.2, 0) is 4.74 Å². The first-order valence-electron chi connectivity index (χ1n) is 6.65. The molecule has 0 heterocycles. The van der Waals surface area contributed by atoms with Crippen LogP contribution in [0.15, 0.2) is 12.3 Å². The Morgan fingerprint density at radius 2 is 2.00 bits per heavy atom. The molecule has 0 aliphatic heterocycles. The molecule has 1 saturated carbocycles. The third-order valence-corrected chi connectivity index (χ3v) is 3.41. The van der Waals surface area contributed by atoms with Crippen LogP contribution in [0.3, 0.4) is 0 Å². The van der Waals surface area contributed by atoms with Gasteiger partial charge in [0.1, 0.15) is 6.10 Å². The maximum Gasteiger partial charge on any atom is 0.101 e. The Bertz CT molecular complexity index is 168. The normalized spacial score (nSPS) is 20.7. The predicted molar refractivity (Wildman–Crippen MR) is 65.8 cm³/mol. The lowest BCUT2D eigenvalue weighted by atomic mass is 9.83. The van der Waals surface area contributed by atoms with E-state index in [0.717, 1.165) is 5.92 Å². The number of allylic oxidation sites excluding steroid dienone is 1. The van der Waals surface area contributed by atoms with Crippen LogP contribution in [0.1, 0.15) is 65.2 Å². The first-order valence-corrected chi connectivity index (χ1v) is 6.65. The zero-order valence-corrected chi connectivity index (χ0v) is 10.4. The van der Waals surface area contributed by atoms with E-state index in [1.165, 1.54) is 51.4 Å². The molecule has 1 heteroatoms. The molecule has 1 aliphatic rings. The lowest BCUT2D eigenvalue weighted by Crippen LogP contribution is -2.24. The Labute approximate surface area is 94.9 Å². The van der Waals surface area contributed by atoms with Crippen LogP contribution in [0.25, 0.3) is 0 Å². The molecule has 0 bridgehead atoms. The largest absolute Gasteiger partial charge is 0.498 e. The van der Waals surface area contributed by atoms with Gasteiger partial charge < -0.3 is 4.74 Å². The zero-order valence-electron chi connectivity index (χ0n) is 10.4. The first kappa shape index (κ1) is 12.6. The standard InChI is InChI=1S/C14H26O/c1-3-5-11-14(15-12-4-2)13-9-7-6-8-10-13/h4,12-14H,3,5-11H2,1-2H3/b12-4+. The van der Waals surface area contributed by atoms with E-state index in [-0.39, 0.29) is 0 Å². The minimum atomic E-state index is 0.487. The highest BCUT2D eigenvalue weighted by molar-refractivity contribution is 4.78. The SMILES string of the molecule is C/C=C/OC(CCCC)C1CCCCC1. The van der Waals surface area contributed by atoms with E-state index in [4.69, 9.17) is 4.74 Å². The van der Waals surface area contributed by atoms with Gasteiger partial charge in [0.25, 0.3) is 0 Å². The fraction of sp³-hybridized carbons (Fsp3) is 0.857. The van der Waals surface area contributed by atoms with Crippen molar-refractivity contribution in [3.63, 3.8) is 0 Å². The highest BCUT2D eigenvalue weighted by Gasteiger charge is 2.23. The highest BCUT2D eigenvalue weighted by Crippen LogP contribution is 2.30. The molecular weight excluding hydrogens is 184 g/mol.